The molecule has 23 heavy (non-hydrogen) atoms. The van der Waals surface area contributed by atoms with Crippen LogP contribution in [0.4, 0.5) is 0 Å². The minimum atomic E-state index is -0.465. The molecule has 0 aliphatic carbocycles. The van der Waals surface area contributed by atoms with Crippen LogP contribution < -0.4 is 10.1 Å². The van der Waals surface area contributed by atoms with Gasteiger partial charge in [0.25, 0.3) is 0 Å². The first-order valence-electron chi connectivity index (χ1n) is 8.10. The van der Waals surface area contributed by atoms with Gasteiger partial charge in [0, 0.05) is 5.56 Å². The van der Waals surface area contributed by atoms with Crippen molar-refractivity contribution in [3.63, 3.8) is 0 Å². The zero-order chi connectivity index (χ0) is 17.0. The van der Waals surface area contributed by atoms with Gasteiger partial charge >= 0.3 is 0 Å². The van der Waals surface area contributed by atoms with Crippen molar-refractivity contribution in [2.75, 3.05) is 6.61 Å². The molecule has 1 aromatic rings. The maximum atomic E-state index is 12.3. The monoisotopic (exact) mass is 315 g/mol. The predicted octanol–water partition coefficient (Wildman–Crippen LogP) is 3.43. The van der Waals surface area contributed by atoms with Crippen molar-refractivity contribution in [3.8, 4) is 5.75 Å². The summed E-state index contributed by atoms with van der Waals surface area (Å²) in [7, 11) is 0. The summed E-state index contributed by atoms with van der Waals surface area (Å²) in [5.74, 6) is -0.165. The quantitative estimate of drug-likeness (QED) is 0.646. The fraction of sp³-hybridized carbons (Fsp3) is 0.474. The summed E-state index contributed by atoms with van der Waals surface area (Å²) in [6, 6.07) is 7.50. The average molecular weight is 315 g/mol. The maximum Gasteiger partial charge on any atom is 0.235 e. The molecule has 0 radical (unpaired) electrons. The van der Waals surface area contributed by atoms with E-state index < -0.39 is 5.92 Å². The van der Waals surface area contributed by atoms with Crippen LogP contribution in [0.1, 0.15) is 45.6 Å². The number of para-hydroxylation sites is 1. The molecule has 1 aliphatic heterocycles. The van der Waals surface area contributed by atoms with Gasteiger partial charge in [-0.1, -0.05) is 37.6 Å². The molecule has 1 saturated heterocycles. The molecule has 0 aromatic heterocycles. The molecular formula is C19H25NO3. The molecule has 4 nitrogen and oxygen atoms in total. The highest BCUT2D eigenvalue weighted by Gasteiger charge is 2.43. The molecule has 2 atom stereocenters. The van der Waals surface area contributed by atoms with Crippen LogP contribution in [0.5, 0.6) is 5.75 Å². The average Bonchev–Trinajstić information content (AvgIpc) is 2.73. The van der Waals surface area contributed by atoms with E-state index in [1.807, 2.05) is 44.2 Å². The Morgan fingerprint density at radius 2 is 1.91 bits per heavy atom. The van der Waals surface area contributed by atoms with E-state index in [0.717, 1.165) is 5.56 Å². The Balaban J connectivity index is 2.30. The van der Waals surface area contributed by atoms with Gasteiger partial charge in [-0.15, -0.1) is 0 Å². The van der Waals surface area contributed by atoms with Crippen molar-refractivity contribution in [3.05, 3.63) is 41.5 Å². The lowest BCUT2D eigenvalue weighted by atomic mass is 9.82. The normalized spacial score (nSPS) is 20.6. The molecule has 0 spiro atoms. The van der Waals surface area contributed by atoms with Gasteiger partial charge in [-0.2, -0.15) is 0 Å². The Morgan fingerprint density at radius 1 is 1.22 bits per heavy atom. The summed E-state index contributed by atoms with van der Waals surface area (Å²) in [6.45, 7) is 8.60. The summed E-state index contributed by atoms with van der Waals surface area (Å²) in [5, 5.41) is 2.48. The van der Waals surface area contributed by atoms with Crippen molar-refractivity contribution < 1.29 is 14.3 Å². The first-order valence-corrected chi connectivity index (χ1v) is 8.10. The zero-order valence-electron chi connectivity index (χ0n) is 14.3. The Hall–Kier alpha value is -2.10. The second-order valence-corrected chi connectivity index (χ2v) is 6.70. The third kappa shape index (κ3) is 4.21. The maximum absolute atomic E-state index is 12.3. The molecule has 2 rings (SSSR count). The Bertz CT molecular complexity index is 615. The number of hydrogen-bond acceptors (Lipinski definition) is 3. The number of amides is 2. The van der Waals surface area contributed by atoms with Crippen LogP contribution >= 0.6 is 0 Å². The summed E-state index contributed by atoms with van der Waals surface area (Å²) >= 11 is 0. The lowest BCUT2D eigenvalue weighted by Crippen LogP contribution is -2.22. The van der Waals surface area contributed by atoms with E-state index in [4.69, 9.17) is 4.74 Å². The topological polar surface area (TPSA) is 55.4 Å². The van der Waals surface area contributed by atoms with Crippen LogP contribution in [0.3, 0.4) is 0 Å². The minimum absolute atomic E-state index is 0.173. The van der Waals surface area contributed by atoms with E-state index in [1.54, 1.807) is 0 Å². The lowest BCUT2D eigenvalue weighted by molar-refractivity contribution is -0.126. The van der Waals surface area contributed by atoms with Gasteiger partial charge in [0.15, 0.2) is 0 Å². The van der Waals surface area contributed by atoms with E-state index >= 15 is 0 Å². The van der Waals surface area contributed by atoms with Crippen LogP contribution in [0.25, 0.3) is 0 Å². The molecule has 1 aromatic carbocycles. The number of nitrogens with one attached hydrogen (secondary N) is 1. The van der Waals surface area contributed by atoms with Gasteiger partial charge in [0.05, 0.1) is 11.8 Å². The second-order valence-electron chi connectivity index (χ2n) is 6.70. The van der Waals surface area contributed by atoms with Crippen LogP contribution in [0.2, 0.25) is 0 Å². The van der Waals surface area contributed by atoms with Gasteiger partial charge in [-0.25, -0.2) is 0 Å². The summed E-state index contributed by atoms with van der Waals surface area (Å²) in [4.78, 5) is 24.4. The van der Waals surface area contributed by atoms with Gasteiger partial charge in [-0.05, 0) is 38.3 Å². The molecule has 124 valence electrons. The fourth-order valence-corrected chi connectivity index (χ4v) is 2.90. The van der Waals surface area contributed by atoms with Crippen LogP contribution in [0, 0.1) is 11.8 Å². The molecule has 2 amide bonds. The molecule has 1 fully saturated rings. The Morgan fingerprint density at radius 3 is 2.57 bits per heavy atom. The van der Waals surface area contributed by atoms with Crippen LogP contribution in [-0.2, 0) is 9.59 Å². The van der Waals surface area contributed by atoms with E-state index in [9.17, 15) is 9.59 Å². The summed E-state index contributed by atoms with van der Waals surface area (Å²) in [5.41, 5.74) is 1.97. The van der Waals surface area contributed by atoms with Crippen LogP contribution in [-0.4, -0.2) is 18.4 Å². The van der Waals surface area contributed by atoms with Gasteiger partial charge in [0.2, 0.25) is 11.8 Å². The highest BCUT2D eigenvalue weighted by atomic mass is 16.5. The third-order valence-electron chi connectivity index (χ3n) is 3.98. The van der Waals surface area contributed by atoms with Crippen molar-refractivity contribution in [2.45, 2.75) is 40.0 Å². The third-order valence-corrected chi connectivity index (χ3v) is 3.98. The molecule has 1 heterocycles. The van der Waals surface area contributed by atoms with Gasteiger partial charge < -0.3 is 4.74 Å². The van der Waals surface area contributed by atoms with E-state index in [2.05, 4.69) is 19.2 Å². The Kier molecular flexibility index (Phi) is 5.59. The second kappa shape index (κ2) is 7.44. The standard InChI is InChI=1S/C19H25NO3/c1-12(2)9-10-23-16-8-6-5-7-14(16)17-15(11-13(3)4)18(21)20-19(17)22/h5-9,13,15,17H,10-11H2,1-4H3,(H,20,21,22)/t15-,17-/m0/s1. The molecular weight excluding hydrogens is 290 g/mol. The summed E-state index contributed by atoms with van der Waals surface area (Å²) < 4.78 is 5.83. The number of carbonyl (C=O) groups excluding carboxylic acids is 2. The number of imide groups is 1. The van der Waals surface area contributed by atoms with Crippen molar-refractivity contribution >= 4 is 11.8 Å². The zero-order valence-corrected chi connectivity index (χ0v) is 14.3. The predicted molar refractivity (Wildman–Crippen MR) is 90.2 cm³/mol. The molecule has 1 aliphatic rings. The Labute approximate surface area is 137 Å². The largest absolute Gasteiger partial charge is 0.489 e. The van der Waals surface area contributed by atoms with E-state index in [-0.39, 0.29) is 17.7 Å². The van der Waals surface area contributed by atoms with Crippen LogP contribution in [0.15, 0.2) is 35.9 Å². The van der Waals surface area contributed by atoms with Crippen molar-refractivity contribution in [1.82, 2.24) is 5.32 Å². The number of carbonyl (C=O) groups is 2. The molecule has 4 heteroatoms. The number of hydrogen-bond donors (Lipinski definition) is 1. The van der Waals surface area contributed by atoms with Crippen molar-refractivity contribution in [1.29, 1.82) is 0 Å². The molecule has 0 saturated carbocycles. The number of rotatable bonds is 6. The highest BCUT2D eigenvalue weighted by Crippen LogP contribution is 2.38. The molecule has 1 N–H and O–H groups in total. The lowest BCUT2D eigenvalue weighted by Gasteiger charge is -2.20. The van der Waals surface area contributed by atoms with E-state index in [0.29, 0.717) is 24.7 Å². The smallest absolute Gasteiger partial charge is 0.235 e. The van der Waals surface area contributed by atoms with E-state index in [1.165, 1.54) is 5.57 Å². The number of allylic oxidation sites excluding steroid dienone is 1. The first-order chi connectivity index (χ1) is 10.9. The van der Waals surface area contributed by atoms with Gasteiger partial charge in [0.1, 0.15) is 12.4 Å². The first kappa shape index (κ1) is 17.3. The van der Waals surface area contributed by atoms with Crippen molar-refractivity contribution in [2.24, 2.45) is 11.8 Å². The van der Waals surface area contributed by atoms with Gasteiger partial charge in [-0.3, -0.25) is 14.9 Å². The summed E-state index contributed by atoms with van der Waals surface area (Å²) in [6.07, 6.45) is 2.67. The molecule has 0 unspecified atom stereocenters. The number of ether oxygens (including phenoxy) is 1. The SMILES string of the molecule is CC(C)=CCOc1ccccc1[C@@H]1C(=O)NC(=O)[C@H]1CC(C)C. The molecule has 0 bridgehead atoms. The number of benzene rings is 1. The minimum Gasteiger partial charge on any atom is -0.489 e. The highest BCUT2D eigenvalue weighted by molar-refractivity contribution is 6.08. The fourth-order valence-electron chi connectivity index (χ4n) is 2.90.